The van der Waals surface area contributed by atoms with Gasteiger partial charge in [-0.25, -0.2) is 4.98 Å². The van der Waals surface area contributed by atoms with E-state index >= 15 is 0 Å². The number of nitrogens with zero attached hydrogens (tertiary/aromatic N) is 3. The highest BCUT2D eigenvalue weighted by Crippen LogP contribution is 2.32. The van der Waals surface area contributed by atoms with E-state index in [0.717, 1.165) is 55.2 Å². The molecule has 0 spiro atoms. The van der Waals surface area contributed by atoms with E-state index in [1.54, 1.807) is 36.3 Å². The number of hydrogen-bond donors (Lipinski definition) is 0. The predicted octanol–water partition coefficient (Wildman–Crippen LogP) is 3.78. The highest BCUT2D eigenvalue weighted by atomic mass is 32.1. The molecule has 0 aliphatic carbocycles. The summed E-state index contributed by atoms with van der Waals surface area (Å²) in [6.07, 6.45) is 2.00. The van der Waals surface area contributed by atoms with Gasteiger partial charge in [0.25, 0.3) is 5.91 Å². The Kier molecular flexibility index (Phi) is 6.57. The van der Waals surface area contributed by atoms with Crippen LogP contribution in [0.5, 0.6) is 5.75 Å². The number of hydrogen-bond acceptors (Lipinski definition) is 8. The van der Waals surface area contributed by atoms with Crippen LogP contribution in [0.3, 0.4) is 0 Å². The zero-order valence-corrected chi connectivity index (χ0v) is 19.7. The third kappa shape index (κ3) is 4.54. The Hall–Kier alpha value is -3.27. The molecule has 0 atom stereocenters. The highest BCUT2D eigenvalue weighted by Gasteiger charge is 2.25. The van der Waals surface area contributed by atoms with Crippen molar-refractivity contribution < 1.29 is 18.7 Å². The van der Waals surface area contributed by atoms with Crippen molar-refractivity contribution in [2.24, 2.45) is 0 Å². The van der Waals surface area contributed by atoms with E-state index in [4.69, 9.17) is 18.9 Å². The van der Waals surface area contributed by atoms with Gasteiger partial charge >= 0.3 is 0 Å². The molecule has 0 unspecified atom stereocenters. The maximum Gasteiger partial charge on any atom is 0.267 e. The van der Waals surface area contributed by atoms with Gasteiger partial charge in [-0.2, -0.15) is 0 Å². The largest absolute Gasteiger partial charge is 0.497 e. The summed E-state index contributed by atoms with van der Waals surface area (Å²) in [6.45, 7) is 4.46. The second-order valence-electron chi connectivity index (χ2n) is 8.07. The summed E-state index contributed by atoms with van der Waals surface area (Å²) in [5.41, 5.74) is 0.891. The van der Waals surface area contributed by atoms with Gasteiger partial charge in [0.2, 0.25) is 5.43 Å². The Balaban J connectivity index is 1.47. The van der Waals surface area contributed by atoms with Crippen LogP contribution in [0.15, 0.2) is 57.9 Å². The lowest BCUT2D eigenvalue weighted by Crippen LogP contribution is -2.40. The molecule has 1 amide bonds. The van der Waals surface area contributed by atoms with Crippen LogP contribution in [0, 0.1) is 0 Å². The van der Waals surface area contributed by atoms with Crippen LogP contribution in [0.2, 0.25) is 0 Å². The van der Waals surface area contributed by atoms with Gasteiger partial charge in [0, 0.05) is 26.2 Å². The maximum atomic E-state index is 13.7. The van der Waals surface area contributed by atoms with Crippen LogP contribution in [0.4, 0.5) is 5.13 Å². The third-order valence-electron chi connectivity index (χ3n) is 5.93. The van der Waals surface area contributed by atoms with Gasteiger partial charge < -0.3 is 13.9 Å². The van der Waals surface area contributed by atoms with E-state index in [1.165, 1.54) is 17.6 Å². The summed E-state index contributed by atoms with van der Waals surface area (Å²) < 4.78 is 17.3. The van der Waals surface area contributed by atoms with Crippen molar-refractivity contribution in [1.29, 1.82) is 0 Å². The second kappa shape index (κ2) is 9.92. The van der Waals surface area contributed by atoms with Crippen molar-refractivity contribution in [3.05, 3.63) is 64.5 Å². The SMILES string of the molecule is COc1ccc2nc(N(CCCN3CCOCC3)C(=O)c3coc4ccccc4c3=O)sc2c1. The molecule has 1 fully saturated rings. The van der Waals surface area contributed by atoms with Crippen molar-refractivity contribution in [3.63, 3.8) is 0 Å². The summed E-state index contributed by atoms with van der Waals surface area (Å²) >= 11 is 1.40. The summed E-state index contributed by atoms with van der Waals surface area (Å²) in [5, 5.41) is 0.929. The van der Waals surface area contributed by atoms with Crippen LogP contribution in [0.25, 0.3) is 21.2 Å². The molecule has 2 aromatic heterocycles. The van der Waals surface area contributed by atoms with Crippen molar-refractivity contribution in [2.75, 3.05) is 51.4 Å². The molecule has 3 heterocycles. The summed E-state index contributed by atoms with van der Waals surface area (Å²) in [7, 11) is 1.61. The summed E-state index contributed by atoms with van der Waals surface area (Å²) in [4.78, 5) is 35.4. The molecular weight excluding hydrogens is 454 g/mol. The average Bonchev–Trinajstić information content (AvgIpc) is 3.30. The average molecular weight is 480 g/mol. The number of carbonyl (C=O) groups excluding carboxylic acids is 1. The van der Waals surface area contributed by atoms with Gasteiger partial charge in [0.15, 0.2) is 5.13 Å². The Bertz CT molecular complexity index is 1380. The maximum absolute atomic E-state index is 13.7. The van der Waals surface area contributed by atoms with E-state index in [-0.39, 0.29) is 11.0 Å². The molecule has 8 nitrogen and oxygen atoms in total. The van der Waals surface area contributed by atoms with Gasteiger partial charge in [-0.15, -0.1) is 0 Å². The van der Waals surface area contributed by atoms with E-state index in [1.807, 2.05) is 18.2 Å². The lowest BCUT2D eigenvalue weighted by molar-refractivity contribution is 0.0376. The smallest absolute Gasteiger partial charge is 0.267 e. The first-order valence-electron chi connectivity index (χ1n) is 11.2. The molecule has 0 saturated carbocycles. The standard InChI is InChI=1S/C25H25N3O5S/c1-31-17-7-8-20-22(15-17)34-25(26-20)28(10-4-9-27-11-13-32-14-12-27)24(30)19-16-33-21-6-3-2-5-18(21)23(19)29/h2-3,5-8,15-16H,4,9-14H2,1H3. The summed E-state index contributed by atoms with van der Waals surface area (Å²) in [5.74, 6) is 0.315. The molecule has 1 aliphatic rings. The lowest BCUT2D eigenvalue weighted by atomic mass is 10.1. The first-order valence-corrected chi connectivity index (χ1v) is 12.0. The molecular formula is C25H25N3O5S. The number of morpholine rings is 1. The molecule has 0 bridgehead atoms. The minimum Gasteiger partial charge on any atom is -0.497 e. The van der Waals surface area contributed by atoms with Crippen molar-refractivity contribution in [1.82, 2.24) is 9.88 Å². The number of methoxy groups -OCH3 is 1. The van der Waals surface area contributed by atoms with Crippen LogP contribution in [-0.4, -0.2) is 62.3 Å². The van der Waals surface area contributed by atoms with Crippen LogP contribution in [-0.2, 0) is 4.74 Å². The minimum atomic E-state index is -0.410. The lowest BCUT2D eigenvalue weighted by Gasteiger charge is -2.27. The van der Waals surface area contributed by atoms with Gasteiger partial charge in [0.1, 0.15) is 23.2 Å². The fraction of sp³-hybridized carbons (Fsp3) is 0.320. The van der Waals surface area contributed by atoms with Crippen LogP contribution < -0.4 is 15.1 Å². The topological polar surface area (TPSA) is 85.1 Å². The zero-order chi connectivity index (χ0) is 23.5. The van der Waals surface area contributed by atoms with Gasteiger partial charge in [-0.3, -0.25) is 19.4 Å². The normalized spacial score (nSPS) is 14.5. The number of carbonyl (C=O) groups is 1. The highest BCUT2D eigenvalue weighted by molar-refractivity contribution is 7.22. The van der Waals surface area contributed by atoms with Crippen molar-refractivity contribution in [2.45, 2.75) is 6.42 Å². The van der Waals surface area contributed by atoms with Gasteiger partial charge in [-0.1, -0.05) is 23.5 Å². The molecule has 0 N–H and O–H groups in total. The molecule has 1 aliphatic heterocycles. The number of fused-ring (bicyclic) bond motifs is 2. The number of aromatic nitrogens is 1. The van der Waals surface area contributed by atoms with Crippen LogP contribution >= 0.6 is 11.3 Å². The molecule has 0 radical (unpaired) electrons. The second-order valence-corrected chi connectivity index (χ2v) is 9.08. The number of para-hydroxylation sites is 1. The first-order chi connectivity index (χ1) is 16.6. The van der Waals surface area contributed by atoms with Gasteiger partial charge in [-0.05, 0) is 36.8 Å². The number of benzene rings is 2. The molecule has 9 heteroatoms. The van der Waals surface area contributed by atoms with Gasteiger partial charge in [0.05, 0.1) is 35.9 Å². The van der Waals surface area contributed by atoms with Crippen molar-refractivity contribution >= 4 is 43.6 Å². The monoisotopic (exact) mass is 479 g/mol. The number of amides is 1. The number of thiazole rings is 1. The number of anilines is 1. The number of rotatable bonds is 7. The fourth-order valence-corrected chi connectivity index (χ4v) is 5.09. The molecule has 4 aromatic rings. The molecule has 176 valence electrons. The fourth-order valence-electron chi connectivity index (χ4n) is 4.07. The molecule has 1 saturated heterocycles. The Morgan fingerprint density at radius 2 is 2.03 bits per heavy atom. The number of ether oxygens (including phenoxy) is 2. The Morgan fingerprint density at radius 1 is 1.21 bits per heavy atom. The predicted molar refractivity (Wildman–Crippen MR) is 132 cm³/mol. The molecule has 34 heavy (non-hydrogen) atoms. The van der Waals surface area contributed by atoms with E-state index in [0.29, 0.717) is 22.6 Å². The Morgan fingerprint density at radius 3 is 2.85 bits per heavy atom. The van der Waals surface area contributed by atoms with E-state index < -0.39 is 5.91 Å². The van der Waals surface area contributed by atoms with Crippen LogP contribution in [0.1, 0.15) is 16.8 Å². The zero-order valence-electron chi connectivity index (χ0n) is 18.9. The molecule has 2 aromatic carbocycles. The first kappa shape index (κ1) is 22.5. The summed E-state index contributed by atoms with van der Waals surface area (Å²) in [6, 6.07) is 12.5. The minimum absolute atomic E-state index is 0.00177. The Labute approximate surface area is 200 Å². The van der Waals surface area contributed by atoms with E-state index in [9.17, 15) is 9.59 Å². The third-order valence-corrected chi connectivity index (χ3v) is 6.97. The van der Waals surface area contributed by atoms with E-state index in [2.05, 4.69) is 4.90 Å². The van der Waals surface area contributed by atoms with Crippen molar-refractivity contribution in [3.8, 4) is 5.75 Å². The quantitative estimate of drug-likeness (QED) is 0.399. The molecule has 5 rings (SSSR count).